The molecule has 3 aromatic rings. The van der Waals surface area contributed by atoms with Crippen molar-refractivity contribution in [3.63, 3.8) is 0 Å². The maximum atomic E-state index is 12.1. The zero-order valence-electron chi connectivity index (χ0n) is 13.8. The smallest absolute Gasteiger partial charge is 0.225 e. The van der Waals surface area contributed by atoms with Crippen LogP contribution in [0.4, 0.5) is 5.69 Å². The number of anilines is 1. The van der Waals surface area contributed by atoms with Crippen LogP contribution < -0.4 is 10.1 Å². The molecule has 4 rings (SSSR count). The normalized spacial score (nSPS) is 16.2. The van der Waals surface area contributed by atoms with Gasteiger partial charge in [0.25, 0.3) is 0 Å². The molecule has 0 fully saturated rings. The Morgan fingerprint density at radius 3 is 2.72 bits per heavy atom. The van der Waals surface area contributed by atoms with Gasteiger partial charge in [-0.2, -0.15) is 0 Å². The highest BCUT2D eigenvalue weighted by atomic mass is 32.1. The maximum Gasteiger partial charge on any atom is 0.225 e. The number of benzene rings is 2. The number of thiophene rings is 1. The van der Waals surface area contributed by atoms with E-state index in [1.54, 1.807) is 11.3 Å². The average Bonchev–Trinajstić information content (AvgIpc) is 3.11. The zero-order chi connectivity index (χ0) is 17.1. The topological polar surface area (TPSA) is 38.3 Å². The van der Waals surface area contributed by atoms with Gasteiger partial charge >= 0.3 is 0 Å². The molecule has 0 saturated carbocycles. The summed E-state index contributed by atoms with van der Waals surface area (Å²) in [5, 5.41) is 4.98. The van der Waals surface area contributed by atoms with Crippen molar-refractivity contribution in [3.05, 3.63) is 82.0 Å². The van der Waals surface area contributed by atoms with Crippen LogP contribution in [0, 0.1) is 0 Å². The highest BCUT2D eigenvalue weighted by Gasteiger charge is 2.29. The second kappa shape index (κ2) is 7.11. The third-order valence-electron chi connectivity index (χ3n) is 4.46. The molecule has 0 bridgehead atoms. The SMILES string of the molecule is O=C1C[C@@H](c2ccccc2OCCc2ccccc2)c2sccc2N1. The summed E-state index contributed by atoms with van der Waals surface area (Å²) in [5.41, 5.74) is 3.29. The van der Waals surface area contributed by atoms with E-state index in [9.17, 15) is 4.79 Å². The summed E-state index contributed by atoms with van der Waals surface area (Å²) in [5.74, 6) is 1.00. The van der Waals surface area contributed by atoms with E-state index in [-0.39, 0.29) is 11.8 Å². The lowest BCUT2D eigenvalue weighted by atomic mass is 9.90. The highest BCUT2D eigenvalue weighted by Crippen LogP contribution is 2.43. The Bertz CT molecular complexity index is 872. The Kier molecular flexibility index (Phi) is 4.53. The van der Waals surface area contributed by atoms with Crippen LogP contribution in [0.2, 0.25) is 0 Å². The molecule has 2 aromatic carbocycles. The third-order valence-corrected chi connectivity index (χ3v) is 5.49. The number of hydrogen-bond acceptors (Lipinski definition) is 3. The predicted molar refractivity (Wildman–Crippen MR) is 101 cm³/mol. The van der Waals surface area contributed by atoms with E-state index in [2.05, 4.69) is 23.5 Å². The number of fused-ring (bicyclic) bond motifs is 1. The van der Waals surface area contributed by atoms with Gasteiger partial charge in [0.05, 0.1) is 12.3 Å². The Hall–Kier alpha value is -2.59. The first kappa shape index (κ1) is 15.9. The van der Waals surface area contributed by atoms with Crippen LogP contribution in [0.1, 0.15) is 28.3 Å². The minimum absolute atomic E-state index is 0.0648. The summed E-state index contributed by atoms with van der Waals surface area (Å²) < 4.78 is 6.09. The quantitative estimate of drug-likeness (QED) is 0.715. The number of hydrogen-bond donors (Lipinski definition) is 1. The van der Waals surface area contributed by atoms with Gasteiger partial charge in [-0.15, -0.1) is 11.3 Å². The number of carbonyl (C=O) groups excluding carboxylic acids is 1. The maximum absolute atomic E-state index is 12.1. The molecule has 1 aliphatic rings. The molecule has 0 radical (unpaired) electrons. The van der Waals surface area contributed by atoms with E-state index in [1.807, 2.05) is 47.8 Å². The van der Waals surface area contributed by atoms with Gasteiger partial charge in [0.1, 0.15) is 5.75 Å². The number of ether oxygens (including phenoxy) is 1. The molecular weight excluding hydrogens is 330 g/mol. The van der Waals surface area contributed by atoms with Crippen molar-refractivity contribution in [2.45, 2.75) is 18.8 Å². The summed E-state index contributed by atoms with van der Waals surface area (Å²) in [6, 6.07) is 20.4. The molecule has 2 heterocycles. The fourth-order valence-electron chi connectivity index (χ4n) is 3.25. The number of rotatable bonds is 5. The van der Waals surface area contributed by atoms with E-state index < -0.39 is 0 Å². The van der Waals surface area contributed by atoms with Crippen LogP contribution in [0.15, 0.2) is 66.0 Å². The van der Waals surface area contributed by atoms with Crippen LogP contribution in [0.5, 0.6) is 5.75 Å². The van der Waals surface area contributed by atoms with Gasteiger partial charge in [-0.3, -0.25) is 4.79 Å². The van der Waals surface area contributed by atoms with E-state index >= 15 is 0 Å². The molecule has 1 atom stereocenters. The van der Waals surface area contributed by atoms with Gasteiger partial charge in [-0.05, 0) is 23.1 Å². The van der Waals surface area contributed by atoms with Crippen LogP contribution in [-0.2, 0) is 11.2 Å². The monoisotopic (exact) mass is 349 g/mol. The van der Waals surface area contributed by atoms with E-state index in [0.717, 1.165) is 23.4 Å². The molecule has 0 spiro atoms. The number of amides is 1. The molecular formula is C21H19NO2S. The Morgan fingerprint density at radius 2 is 1.84 bits per heavy atom. The van der Waals surface area contributed by atoms with Crippen molar-refractivity contribution in [2.24, 2.45) is 0 Å². The molecule has 0 unspecified atom stereocenters. The van der Waals surface area contributed by atoms with E-state index in [4.69, 9.17) is 4.74 Å². The summed E-state index contributed by atoms with van der Waals surface area (Å²) in [7, 11) is 0. The minimum Gasteiger partial charge on any atom is -0.493 e. The second-order valence-corrected chi connectivity index (χ2v) is 7.07. The molecule has 25 heavy (non-hydrogen) atoms. The van der Waals surface area contributed by atoms with Crippen molar-refractivity contribution in [1.29, 1.82) is 0 Å². The lowest BCUT2D eigenvalue weighted by molar-refractivity contribution is -0.116. The molecule has 1 amide bonds. The van der Waals surface area contributed by atoms with Gasteiger partial charge in [0.15, 0.2) is 0 Å². The standard InChI is InChI=1S/C21H19NO2S/c23-20-14-17(21-18(22-20)11-13-25-21)16-8-4-5-9-19(16)24-12-10-15-6-2-1-3-7-15/h1-9,11,13,17H,10,12,14H2,(H,22,23)/t17-/m0/s1. The summed E-state index contributed by atoms with van der Waals surface area (Å²) in [6.45, 7) is 0.622. The predicted octanol–water partition coefficient (Wildman–Crippen LogP) is 4.84. The zero-order valence-corrected chi connectivity index (χ0v) is 14.6. The minimum atomic E-state index is 0.0648. The molecule has 4 heteroatoms. The number of para-hydroxylation sites is 1. The van der Waals surface area contributed by atoms with Crippen molar-refractivity contribution >= 4 is 22.9 Å². The van der Waals surface area contributed by atoms with Crippen LogP contribution in [-0.4, -0.2) is 12.5 Å². The Morgan fingerprint density at radius 1 is 1.04 bits per heavy atom. The molecule has 1 aliphatic heterocycles. The van der Waals surface area contributed by atoms with Gasteiger partial charge in [-0.1, -0.05) is 48.5 Å². The fourth-order valence-corrected chi connectivity index (χ4v) is 4.22. The summed E-state index contributed by atoms with van der Waals surface area (Å²) >= 11 is 1.69. The van der Waals surface area contributed by atoms with Gasteiger partial charge in [0.2, 0.25) is 5.91 Å². The Balaban J connectivity index is 1.55. The van der Waals surface area contributed by atoms with Gasteiger partial charge in [0, 0.05) is 29.2 Å². The molecule has 0 saturated heterocycles. The number of carbonyl (C=O) groups is 1. The first-order valence-electron chi connectivity index (χ1n) is 8.44. The largest absolute Gasteiger partial charge is 0.493 e. The molecule has 0 aliphatic carbocycles. The molecule has 3 nitrogen and oxygen atoms in total. The van der Waals surface area contributed by atoms with Crippen LogP contribution in [0.3, 0.4) is 0 Å². The second-order valence-electron chi connectivity index (χ2n) is 6.13. The Labute approximate surface area is 151 Å². The van der Waals surface area contributed by atoms with Crippen molar-refractivity contribution in [1.82, 2.24) is 0 Å². The molecule has 126 valence electrons. The summed E-state index contributed by atoms with van der Waals surface area (Å²) in [4.78, 5) is 13.3. The van der Waals surface area contributed by atoms with Crippen molar-refractivity contribution < 1.29 is 9.53 Å². The van der Waals surface area contributed by atoms with Crippen molar-refractivity contribution in [2.75, 3.05) is 11.9 Å². The first-order valence-corrected chi connectivity index (χ1v) is 9.32. The number of nitrogens with one attached hydrogen (secondary N) is 1. The van der Waals surface area contributed by atoms with Gasteiger partial charge in [-0.25, -0.2) is 0 Å². The first-order chi connectivity index (χ1) is 12.3. The third kappa shape index (κ3) is 3.44. The van der Waals surface area contributed by atoms with E-state index in [0.29, 0.717) is 13.0 Å². The average molecular weight is 349 g/mol. The van der Waals surface area contributed by atoms with Crippen LogP contribution >= 0.6 is 11.3 Å². The fraction of sp³-hybridized carbons (Fsp3) is 0.190. The molecule has 1 aromatic heterocycles. The van der Waals surface area contributed by atoms with Gasteiger partial charge < -0.3 is 10.1 Å². The highest BCUT2D eigenvalue weighted by molar-refractivity contribution is 7.10. The lowest BCUT2D eigenvalue weighted by Crippen LogP contribution is -2.22. The lowest BCUT2D eigenvalue weighted by Gasteiger charge is -2.24. The molecule has 1 N–H and O–H groups in total. The summed E-state index contributed by atoms with van der Waals surface area (Å²) in [6.07, 6.45) is 1.33. The van der Waals surface area contributed by atoms with Crippen molar-refractivity contribution in [3.8, 4) is 5.75 Å². The van der Waals surface area contributed by atoms with E-state index in [1.165, 1.54) is 10.4 Å². The van der Waals surface area contributed by atoms with Crippen LogP contribution in [0.25, 0.3) is 0 Å².